The van der Waals surface area contributed by atoms with Crippen LogP contribution in [0.2, 0.25) is 0 Å². The number of rotatable bonds is 4. The number of fused-ring (bicyclic) bond motifs is 1. The van der Waals surface area contributed by atoms with Crippen molar-refractivity contribution < 1.29 is 14.7 Å². The van der Waals surface area contributed by atoms with Gasteiger partial charge in [-0.25, -0.2) is 0 Å². The van der Waals surface area contributed by atoms with Crippen LogP contribution in [-0.4, -0.2) is 16.8 Å². The molecule has 1 heterocycles. The minimum atomic E-state index is -1.84. The van der Waals surface area contributed by atoms with E-state index in [1.165, 1.54) is 6.08 Å². The number of ketones is 1. The summed E-state index contributed by atoms with van der Waals surface area (Å²) < 4.78 is 0.735. The molecule has 5 heteroatoms. The fourth-order valence-corrected chi connectivity index (χ4v) is 2.92. The zero-order chi connectivity index (χ0) is 16.4. The Bertz CT molecular complexity index is 801. The van der Waals surface area contributed by atoms with E-state index in [9.17, 15) is 14.7 Å². The molecule has 2 aromatic rings. The smallest absolute Gasteiger partial charge is 0.261 e. The van der Waals surface area contributed by atoms with Gasteiger partial charge >= 0.3 is 0 Å². The summed E-state index contributed by atoms with van der Waals surface area (Å²) in [5.41, 5.74) is -0.0113. The molecule has 0 aromatic heterocycles. The average Bonchev–Trinajstić information content (AvgIpc) is 2.78. The minimum absolute atomic E-state index is 0.300. The minimum Gasteiger partial charge on any atom is -0.375 e. The standard InChI is InChI=1S/C18H14BrNO3/c19-13-7-9-16-15(10-13)18(23,17(22)20-16)11-14(21)8-6-12-4-2-1-3-5-12/h1-10,23H,11H2,(H,20,22)/b8-6+/t18-/m0/s1. The Balaban J connectivity index is 1.82. The molecule has 23 heavy (non-hydrogen) atoms. The maximum atomic E-state index is 12.2. The summed E-state index contributed by atoms with van der Waals surface area (Å²) >= 11 is 3.31. The fourth-order valence-electron chi connectivity index (χ4n) is 2.56. The summed E-state index contributed by atoms with van der Waals surface area (Å²) in [4.78, 5) is 24.3. The predicted octanol–water partition coefficient (Wildman–Crippen LogP) is 3.26. The van der Waals surface area contributed by atoms with Crippen LogP contribution < -0.4 is 5.32 Å². The molecule has 0 fully saturated rings. The lowest BCUT2D eigenvalue weighted by Crippen LogP contribution is -2.36. The van der Waals surface area contributed by atoms with Crippen LogP contribution in [0.4, 0.5) is 5.69 Å². The molecule has 3 rings (SSSR count). The van der Waals surface area contributed by atoms with Gasteiger partial charge in [0, 0.05) is 15.7 Å². The van der Waals surface area contributed by atoms with Crippen molar-refractivity contribution in [3.05, 3.63) is 70.2 Å². The van der Waals surface area contributed by atoms with Gasteiger partial charge in [-0.05, 0) is 29.8 Å². The molecule has 2 N–H and O–H groups in total. The molecule has 1 aliphatic rings. The summed E-state index contributed by atoms with van der Waals surface area (Å²) in [6, 6.07) is 14.5. The van der Waals surface area contributed by atoms with Crippen molar-refractivity contribution in [2.75, 3.05) is 5.32 Å². The van der Waals surface area contributed by atoms with Crippen molar-refractivity contribution in [3.63, 3.8) is 0 Å². The van der Waals surface area contributed by atoms with Crippen LogP contribution >= 0.6 is 15.9 Å². The van der Waals surface area contributed by atoms with E-state index < -0.39 is 11.5 Å². The second kappa shape index (κ2) is 6.10. The largest absolute Gasteiger partial charge is 0.375 e. The Morgan fingerprint density at radius 1 is 1.22 bits per heavy atom. The number of aliphatic hydroxyl groups is 1. The molecule has 2 aromatic carbocycles. The van der Waals surface area contributed by atoms with E-state index in [1.807, 2.05) is 30.3 Å². The van der Waals surface area contributed by atoms with Crippen molar-refractivity contribution in [3.8, 4) is 0 Å². The van der Waals surface area contributed by atoms with Crippen LogP contribution in [0, 0.1) is 0 Å². The molecule has 0 aliphatic carbocycles. The Labute approximate surface area is 142 Å². The van der Waals surface area contributed by atoms with Gasteiger partial charge in [-0.2, -0.15) is 0 Å². The zero-order valence-electron chi connectivity index (χ0n) is 12.1. The number of benzene rings is 2. The van der Waals surface area contributed by atoms with Crippen molar-refractivity contribution in [2.45, 2.75) is 12.0 Å². The molecule has 0 spiro atoms. The van der Waals surface area contributed by atoms with Crippen LogP contribution in [0.3, 0.4) is 0 Å². The SMILES string of the molecule is O=C(/C=C/c1ccccc1)C[C@@]1(O)C(=O)Nc2ccc(Br)cc21. The van der Waals surface area contributed by atoms with Gasteiger partial charge in [0.1, 0.15) is 0 Å². The summed E-state index contributed by atoms with van der Waals surface area (Å²) in [5, 5.41) is 13.3. The fraction of sp³-hybridized carbons (Fsp3) is 0.111. The lowest BCUT2D eigenvalue weighted by Gasteiger charge is -2.19. The predicted molar refractivity (Wildman–Crippen MR) is 91.8 cm³/mol. The Morgan fingerprint density at radius 3 is 2.70 bits per heavy atom. The molecule has 4 nitrogen and oxygen atoms in total. The second-order valence-corrected chi connectivity index (χ2v) is 6.31. The van der Waals surface area contributed by atoms with E-state index in [0.717, 1.165) is 10.0 Å². The summed E-state index contributed by atoms with van der Waals surface area (Å²) in [6.45, 7) is 0. The van der Waals surface area contributed by atoms with Gasteiger partial charge in [0.25, 0.3) is 5.91 Å². The third-order valence-corrected chi connectivity index (χ3v) is 4.24. The van der Waals surface area contributed by atoms with Gasteiger partial charge in [0.15, 0.2) is 11.4 Å². The first kappa shape index (κ1) is 15.6. The topological polar surface area (TPSA) is 66.4 Å². The Hall–Kier alpha value is -2.24. The second-order valence-electron chi connectivity index (χ2n) is 5.39. The molecule has 1 atom stereocenters. The number of amides is 1. The quantitative estimate of drug-likeness (QED) is 0.810. The van der Waals surface area contributed by atoms with E-state index >= 15 is 0 Å². The molecule has 0 saturated heterocycles. The molecule has 0 saturated carbocycles. The van der Waals surface area contributed by atoms with Gasteiger partial charge in [0.05, 0.1) is 6.42 Å². The van der Waals surface area contributed by atoms with E-state index in [1.54, 1.807) is 24.3 Å². The van der Waals surface area contributed by atoms with Crippen LogP contribution in [0.5, 0.6) is 0 Å². The number of hydrogen-bond donors (Lipinski definition) is 2. The molecular formula is C18H14BrNO3. The highest BCUT2D eigenvalue weighted by molar-refractivity contribution is 9.10. The maximum absolute atomic E-state index is 12.2. The Kier molecular flexibility index (Phi) is 4.15. The summed E-state index contributed by atoms with van der Waals surface area (Å²) in [7, 11) is 0. The molecule has 0 bridgehead atoms. The van der Waals surface area contributed by atoms with Crippen molar-refractivity contribution in [2.24, 2.45) is 0 Å². The molecule has 1 aliphatic heterocycles. The van der Waals surface area contributed by atoms with Crippen molar-refractivity contribution >= 4 is 39.4 Å². The van der Waals surface area contributed by atoms with Gasteiger partial charge in [0.2, 0.25) is 0 Å². The normalized spacial score (nSPS) is 19.7. The molecule has 116 valence electrons. The van der Waals surface area contributed by atoms with E-state index in [2.05, 4.69) is 21.2 Å². The van der Waals surface area contributed by atoms with E-state index in [-0.39, 0.29) is 12.2 Å². The third kappa shape index (κ3) is 3.11. The number of hydrogen-bond acceptors (Lipinski definition) is 3. The first-order chi connectivity index (χ1) is 11.0. The van der Waals surface area contributed by atoms with E-state index in [0.29, 0.717) is 11.3 Å². The highest BCUT2D eigenvalue weighted by Gasteiger charge is 2.46. The Morgan fingerprint density at radius 2 is 1.96 bits per heavy atom. The maximum Gasteiger partial charge on any atom is 0.261 e. The van der Waals surface area contributed by atoms with Gasteiger partial charge in [-0.1, -0.05) is 52.3 Å². The van der Waals surface area contributed by atoms with Gasteiger partial charge in [-0.3, -0.25) is 9.59 Å². The number of halogens is 1. The lowest BCUT2D eigenvalue weighted by molar-refractivity contribution is -0.138. The van der Waals surface area contributed by atoms with Crippen LogP contribution in [0.25, 0.3) is 6.08 Å². The summed E-state index contributed by atoms with van der Waals surface area (Å²) in [5.74, 6) is -0.897. The first-order valence-electron chi connectivity index (χ1n) is 7.09. The lowest BCUT2D eigenvalue weighted by atomic mass is 9.90. The first-order valence-corrected chi connectivity index (χ1v) is 7.88. The highest BCUT2D eigenvalue weighted by atomic mass is 79.9. The van der Waals surface area contributed by atoms with Crippen LogP contribution in [0.1, 0.15) is 17.5 Å². The van der Waals surface area contributed by atoms with Crippen molar-refractivity contribution in [1.29, 1.82) is 0 Å². The third-order valence-electron chi connectivity index (χ3n) is 3.74. The zero-order valence-corrected chi connectivity index (χ0v) is 13.7. The van der Waals surface area contributed by atoms with Crippen molar-refractivity contribution in [1.82, 2.24) is 0 Å². The van der Waals surface area contributed by atoms with Crippen LogP contribution in [-0.2, 0) is 15.2 Å². The number of nitrogens with one attached hydrogen (secondary N) is 1. The molecular weight excluding hydrogens is 358 g/mol. The average molecular weight is 372 g/mol. The number of allylic oxidation sites excluding steroid dienone is 1. The monoisotopic (exact) mass is 371 g/mol. The van der Waals surface area contributed by atoms with Crippen LogP contribution in [0.15, 0.2) is 59.1 Å². The molecule has 1 amide bonds. The number of carbonyl (C=O) groups excluding carboxylic acids is 2. The summed E-state index contributed by atoms with van der Waals surface area (Å²) in [6.07, 6.45) is 2.75. The number of anilines is 1. The van der Waals surface area contributed by atoms with E-state index in [4.69, 9.17) is 0 Å². The van der Waals surface area contributed by atoms with Gasteiger partial charge < -0.3 is 10.4 Å². The highest BCUT2D eigenvalue weighted by Crippen LogP contribution is 2.39. The molecule has 0 radical (unpaired) electrons. The molecule has 0 unspecified atom stereocenters. The van der Waals surface area contributed by atoms with Gasteiger partial charge in [-0.15, -0.1) is 0 Å². The number of carbonyl (C=O) groups is 2.